The van der Waals surface area contributed by atoms with Crippen molar-refractivity contribution < 1.29 is 0 Å². The molecule has 0 unspecified atom stereocenters. The van der Waals surface area contributed by atoms with E-state index in [4.69, 9.17) is 0 Å². The van der Waals surface area contributed by atoms with Gasteiger partial charge < -0.3 is 5.32 Å². The second-order valence-electron chi connectivity index (χ2n) is 4.67. The number of nitrogens with one attached hydrogen (secondary N) is 1. The first-order valence-corrected chi connectivity index (χ1v) is 8.00. The summed E-state index contributed by atoms with van der Waals surface area (Å²) in [5.41, 5.74) is 2.63. The van der Waals surface area contributed by atoms with Gasteiger partial charge in [0.2, 0.25) is 0 Å². The predicted octanol–water partition coefficient (Wildman–Crippen LogP) is 4.07. The molecule has 0 bridgehead atoms. The van der Waals surface area contributed by atoms with Crippen molar-refractivity contribution in [2.45, 2.75) is 38.0 Å². The Kier molecular flexibility index (Phi) is 5.41. The van der Waals surface area contributed by atoms with Crippen LogP contribution in [0.4, 0.5) is 5.82 Å². The van der Waals surface area contributed by atoms with Crippen molar-refractivity contribution in [2.75, 3.05) is 11.9 Å². The van der Waals surface area contributed by atoms with Gasteiger partial charge in [0.1, 0.15) is 16.7 Å². The number of thioether (sulfide) groups is 1. The number of hydrogen-bond acceptors (Lipinski definition) is 4. The highest BCUT2D eigenvalue weighted by atomic mass is 32.2. The van der Waals surface area contributed by atoms with Crippen LogP contribution in [0.5, 0.6) is 0 Å². The largest absolute Gasteiger partial charge is 0.370 e. The van der Waals surface area contributed by atoms with Crippen LogP contribution in [0.25, 0.3) is 0 Å². The monoisotopic (exact) mass is 287 g/mol. The highest BCUT2D eigenvalue weighted by molar-refractivity contribution is 7.98. The fraction of sp³-hybridized carbons (Fsp3) is 0.375. The first kappa shape index (κ1) is 14.9. The van der Waals surface area contributed by atoms with Gasteiger partial charge in [-0.05, 0) is 19.4 Å². The van der Waals surface area contributed by atoms with Gasteiger partial charge in [0, 0.05) is 24.8 Å². The maximum Gasteiger partial charge on any atom is 0.131 e. The maximum absolute atomic E-state index is 4.58. The third kappa shape index (κ3) is 4.23. The van der Waals surface area contributed by atoms with Crippen LogP contribution in [0.15, 0.2) is 35.4 Å². The molecule has 0 saturated carbocycles. The Labute approximate surface area is 125 Å². The average molecular weight is 287 g/mol. The highest BCUT2D eigenvalue weighted by Gasteiger charge is 2.04. The quantitative estimate of drug-likeness (QED) is 0.642. The Morgan fingerprint density at radius 2 is 2.00 bits per heavy atom. The molecular weight excluding hydrogens is 266 g/mol. The molecule has 0 spiro atoms. The summed E-state index contributed by atoms with van der Waals surface area (Å²) >= 11 is 1.76. The molecule has 0 saturated heterocycles. The maximum atomic E-state index is 4.58. The predicted molar refractivity (Wildman–Crippen MR) is 86.3 cm³/mol. The van der Waals surface area contributed by atoms with Gasteiger partial charge in [-0.3, -0.25) is 0 Å². The second-order valence-corrected chi connectivity index (χ2v) is 5.66. The zero-order chi connectivity index (χ0) is 14.4. The number of rotatable bonds is 6. The van der Waals surface area contributed by atoms with Crippen molar-refractivity contribution in [1.29, 1.82) is 0 Å². The molecule has 1 heterocycles. The smallest absolute Gasteiger partial charge is 0.131 e. The zero-order valence-corrected chi connectivity index (χ0v) is 13.1. The summed E-state index contributed by atoms with van der Waals surface area (Å²) in [6.45, 7) is 7.16. The number of nitrogens with zero attached hydrogens (tertiary/aromatic N) is 2. The van der Waals surface area contributed by atoms with E-state index in [9.17, 15) is 0 Å². The third-order valence-electron chi connectivity index (χ3n) is 2.89. The van der Waals surface area contributed by atoms with Crippen molar-refractivity contribution in [3.8, 4) is 0 Å². The lowest BCUT2D eigenvalue weighted by Crippen LogP contribution is -2.03. The van der Waals surface area contributed by atoms with Crippen LogP contribution >= 0.6 is 11.8 Å². The van der Waals surface area contributed by atoms with Crippen LogP contribution < -0.4 is 5.32 Å². The summed E-state index contributed by atoms with van der Waals surface area (Å²) < 4.78 is 0. The molecule has 2 rings (SSSR count). The minimum Gasteiger partial charge on any atom is -0.370 e. The molecule has 4 heteroatoms. The van der Waals surface area contributed by atoms with E-state index in [1.54, 1.807) is 11.8 Å². The first-order chi connectivity index (χ1) is 9.71. The number of aromatic nitrogens is 2. The van der Waals surface area contributed by atoms with Gasteiger partial charge in [-0.1, -0.05) is 36.8 Å². The molecule has 20 heavy (non-hydrogen) atoms. The van der Waals surface area contributed by atoms with Gasteiger partial charge in [-0.25, -0.2) is 9.97 Å². The third-order valence-corrected chi connectivity index (χ3v) is 3.87. The van der Waals surface area contributed by atoms with Gasteiger partial charge in [0.25, 0.3) is 0 Å². The van der Waals surface area contributed by atoms with Gasteiger partial charge >= 0.3 is 0 Å². The minimum absolute atomic E-state index is 0.858. The molecule has 0 fully saturated rings. The van der Waals surface area contributed by atoms with Crippen LogP contribution in [0.1, 0.15) is 30.8 Å². The number of hydrogen-bond donors (Lipinski definition) is 1. The van der Waals surface area contributed by atoms with E-state index >= 15 is 0 Å². The minimum atomic E-state index is 0.858. The average Bonchev–Trinajstić information content (AvgIpc) is 2.45. The van der Waals surface area contributed by atoms with E-state index in [0.717, 1.165) is 35.4 Å². The zero-order valence-electron chi connectivity index (χ0n) is 12.3. The molecular formula is C16H21N3S. The Hall–Kier alpha value is -1.55. The molecule has 0 amide bonds. The highest BCUT2D eigenvalue weighted by Crippen LogP contribution is 2.23. The lowest BCUT2D eigenvalue weighted by molar-refractivity contribution is 0.887. The second kappa shape index (κ2) is 7.29. The summed E-state index contributed by atoms with van der Waals surface area (Å²) in [7, 11) is 0. The van der Waals surface area contributed by atoms with E-state index in [0.29, 0.717) is 0 Å². The van der Waals surface area contributed by atoms with E-state index in [1.807, 2.05) is 6.07 Å². The molecule has 1 N–H and O–H groups in total. The summed E-state index contributed by atoms with van der Waals surface area (Å²) in [5.74, 6) is 2.76. The molecule has 0 aliphatic heterocycles. The summed E-state index contributed by atoms with van der Waals surface area (Å²) in [5, 5.41) is 4.30. The molecule has 0 aliphatic rings. The molecule has 0 radical (unpaired) electrons. The van der Waals surface area contributed by atoms with Gasteiger partial charge in [0.05, 0.1) is 0 Å². The van der Waals surface area contributed by atoms with Crippen LogP contribution in [-0.2, 0) is 12.2 Å². The molecule has 1 aromatic heterocycles. The molecule has 0 aliphatic carbocycles. The van der Waals surface area contributed by atoms with Crippen LogP contribution in [0.2, 0.25) is 0 Å². The molecule has 106 valence electrons. The van der Waals surface area contributed by atoms with Crippen molar-refractivity contribution in [2.24, 2.45) is 0 Å². The lowest BCUT2D eigenvalue weighted by Gasteiger charge is -2.08. The van der Waals surface area contributed by atoms with E-state index < -0.39 is 0 Å². The number of benzene rings is 1. The first-order valence-electron chi connectivity index (χ1n) is 7.01. The number of aryl methyl sites for hydroxylation is 2. The van der Waals surface area contributed by atoms with Gasteiger partial charge in [-0.15, -0.1) is 11.8 Å². The van der Waals surface area contributed by atoms with Crippen LogP contribution in [-0.4, -0.2) is 16.5 Å². The molecule has 1 aromatic carbocycles. The normalized spacial score (nSPS) is 10.6. The molecule has 0 atom stereocenters. The molecule has 2 aromatic rings. The fourth-order valence-electron chi connectivity index (χ4n) is 1.94. The van der Waals surface area contributed by atoms with E-state index in [1.165, 1.54) is 11.1 Å². The summed E-state index contributed by atoms with van der Waals surface area (Å²) in [6.07, 6.45) is 0.858. The van der Waals surface area contributed by atoms with Crippen molar-refractivity contribution in [3.63, 3.8) is 0 Å². The van der Waals surface area contributed by atoms with E-state index in [-0.39, 0.29) is 0 Å². The van der Waals surface area contributed by atoms with Crippen molar-refractivity contribution in [3.05, 3.63) is 47.3 Å². The Morgan fingerprint density at radius 3 is 2.70 bits per heavy atom. The Morgan fingerprint density at radius 1 is 1.15 bits per heavy atom. The number of anilines is 1. The van der Waals surface area contributed by atoms with Crippen LogP contribution in [0, 0.1) is 6.92 Å². The fourth-order valence-corrected chi connectivity index (χ4v) is 2.79. The Balaban J connectivity index is 2.10. The topological polar surface area (TPSA) is 37.8 Å². The van der Waals surface area contributed by atoms with E-state index in [2.05, 4.69) is 60.3 Å². The SMILES string of the molecule is CCNc1cc(SCc2cccc(C)c2)nc(CC)n1. The van der Waals surface area contributed by atoms with Crippen molar-refractivity contribution >= 4 is 17.6 Å². The summed E-state index contributed by atoms with van der Waals surface area (Å²) in [4.78, 5) is 9.06. The summed E-state index contributed by atoms with van der Waals surface area (Å²) in [6, 6.07) is 10.6. The van der Waals surface area contributed by atoms with Gasteiger partial charge in [0.15, 0.2) is 0 Å². The van der Waals surface area contributed by atoms with Gasteiger partial charge in [-0.2, -0.15) is 0 Å². The molecule has 3 nitrogen and oxygen atoms in total. The van der Waals surface area contributed by atoms with Crippen molar-refractivity contribution in [1.82, 2.24) is 9.97 Å². The standard InChI is InChI=1S/C16H21N3S/c1-4-14-18-15(17-5-2)10-16(19-14)20-11-13-8-6-7-12(3)9-13/h6-10H,4-5,11H2,1-3H3,(H,17,18,19). The lowest BCUT2D eigenvalue weighted by atomic mass is 10.2. The Bertz CT molecular complexity index is 569. The van der Waals surface area contributed by atoms with Crippen LogP contribution in [0.3, 0.4) is 0 Å².